The highest BCUT2D eigenvalue weighted by Crippen LogP contribution is 2.42. The van der Waals surface area contributed by atoms with Crippen molar-refractivity contribution in [3.8, 4) is 18.2 Å². The van der Waals surface area contributed by atoms with E-state index in [9.17, 15) is 4.39 Å². The largest absolute Gasteiger partial charge is 0.443 e. The van der Waals surface area contributed by atoms with E-state index < -0.39 is 101 Å². The molecule has 0 amide bonds. The molecule has 0 aliphatic rings. The van der Waals surface area contributed by atoms with Gasteiger partial charge in [0.05, 0.1) is 23.4 Å². The third kappa shape index (κ3) is 2.61. The molecule has 5 rings (SSSR count). The number of nitriles is 3. The number of benzene rings is 3. The van der Waals surface area contributed by atoms with Crippen molar-refractivity contribution in [1.82, 2.24) is 9.97 Å². The molecule has 0 N–H and O–H groups in total. The van der Waals surface area contributed by atoms with Gasteiger partial charge in [0, 0.05) is 10.8 Å². The SMILES string of the molecule is [C-]#[N+]/C(C#N)=c1\nc2c(F)c3c(F)c(F)c4c5oc(=C(C#N)C#N)nc5c(F)c(F)c4c3c(F)c2o1. The summed E-state index contributed by atoms with van der Waals surface area (Å²) in [7, 11) is 0. The quantitative estimate of drug-likeness (QED) is 0.182. The number of fused-ring (bicyclic) bond motifs is 6. The second-order valence-corrected chi connectivity index (χ2v) is 6.95. The van der Waals surface area contributed by atoms with Gasteiger partial charge in [-0.05, 0) is 0 Å². The predicted octanol–water partition coefficient (Wildman–Crippen LogP) is 3.86. The molecule has 0 aliphatic heterocycles. The standard InChI is InChI=1S/C22F6N6O2/c1-32-6(4-31)22-34-17-14(26)9-7(15(27)20(17)36-22)8-10(13(25)12(9)24)19-18(16(28)11(8)23)33-21(35-19)5(2-29)3-30/b22-6+. The lowest BCUT2D eigenvalue weighted by Crippen LogP contribution is -2.04. The van der Waals surface area contributed by atoms with Gasteiger partial charge in [0.1, 0.15) is 23.2 Å². The Morgan fingerprint density at radius 1 is 0.639 bits per heavy atom. The van der Waals surface area contributed by atoms with Crippen LogP contribution < -0.4 is 11.1 Å². The van der Waals surface area contributed by atoms with E-state index in [4.69, 9.17) is 31.2 Å². The summed E-state index contributed by atoms with van der Waals surface area (Å²) in [5.41, 5.74) is -7.56. The Kier molecular flexibility index (Phi) is 4.60. The number of aromatic nitrogens is 2. The Bertz CT molecular complexity index is 2140. The smallest absolute Gasteiger partial charge is 0.322 e. The Labute approximate surface area is 192 Å². The maximum atomic E-state index is 15.5. The molecule has 0 saturated heterocycles. The third-order valence-electron chi connectivity index (χ3n) is 5.19. The van der Waals surface area contributed by atoms with Gasteiger partial charge in [-0.15, -0.1) is 0 Å². The van der Waals surface area contributed by atoms with E-state index in [0.29, 0.717) is 0 Å². The van der Waals surface area contributed by atoms with Gasteiger partial charge in [-0.1, -0.05) is 0 Å². The molecule has 0 spiro atoms. The maximum Gasteiger partial charge on any atom is 0.322 e. The fourth-order valence-electron chi connectivity index (χ4n) is 3.70. The number of oxazole rings is 2. The molecule has 0 atom stereocenters. The fraction of sp³-hybridized carbons (Fsp3) is 0. The van der Waals surface area contributed by atoms with Crippen molar-refractivity contribution in [2.45, 2.75) is 0 Å². The topological polar surface area (TPSA) is 128 Å². The molecule has 2 heterocycles. The summed E-state index contributed by atoms with van der Waals surface area (Å²) >= 11 is 0. The Hall–Kier alpha value is -5.60. The maximum absolute atomic E-state index is 15.5. The van der Waals surface area contributed by atoms with Crippen LogP contribution in [0.15, 0.2) is 8.83 Å². The van der Waals surface area contributed by atoms with Crippen LogP contribution in [0.4, 0.5) is 26.3 Å². The fourth-order valence-corrected chi connectivity index (χ4v) is 3.70. The zero-order valence-corrected chi connectivity index (χ0v) is 16.8. The average Bonchev–Trinajstić information content (AvgIpc) is 3.50. The summed E-state index contributed by atoms with van der Waals surface area (Å²) in [5.74, 6) is -11.4. The van der Waals surface area contributed by atoms with Gasteiger partial charge in [-0.3, -0.25) is 0 Å². The molecule has 2 aromatic heterocycles. The average molecular weight is 494 g/mol. The van der Waals surface area contributed by atoms with E-state index in [1.165, 1.54) is 18.2 Å². The molecular formula is C22F6N6O2. The van der Waals surface area contributed by atoms with Crippen molar-refractivity contribution in [1.29, 1.82) is 15.8 Å². The normalized spacial score (nSPS) is 11.9. The lowest BCUT2D eigenvalue weighted by Gasteiger charge is -2.11. The molecule has 14 heteroatoms. The molecule has 8 nitrogen and oxygen atoms in total. The molecule has 0 bridgehead atoms. The minimum atomic E-state index is -2.05. The first kappa shape index (κ1) is 22.2. The minimum Gasteiger partial charge on any atom is -0.443 e. The summed E-state index contributed by atoms with van der Waals surface area (Å²) in [5, 5.41) is 21.6. The van der Waals surface area contributed by atoms with Crippen molar-refractivity contribution in [3.63, 3.8) is 0 Å². The Morgan fingerprint density at radius 3 is 1.78 bits per heavy atom. The molecule has 3 aromatic carbocycles. The first-order chi connectivity index (χ1) is 17.2. The lowest BCUT2D eigenvalue weighted by molar-refractivity contribution is 0.508. The van der Waals surface area contributed by atoms with Crippen molar-refractivity contribution < 1.29 is 35.2 Å². The number of halogens is 6. The number of hydrogen-bond donors (Lipinski definition) is 0. The van der Waals surface area contributed by atoms with Crippen LogP contribution in [0.5, 0.6) is 0 Å². The van der Waals surface area contributed by atoms with E-state index in [1.807, 2.05) is 0 Å². The molecule has 5 aromatic rings. The molecule has 0 aliphatic carbocycles. The van der Waals surface area contributed by atoms with Gasteiger partial charge < -0.3 is 8.83 Å². The first-order valence-corrected chi connectivity index (χ1v) is 9.21. The zero-order chi connectivity index (χ0) is 26.0. The van der Waals surface area contributed by atoms with E-state index in [2.05, 4.69) is 14.8 Å². The van der Waals surface area contributed by atoms with E-state index in [0.717, 1.165) is 0 Å². The highest BCUT2D eigenvalue weighted by Gasteiger charge is 2.32. The van der Waals surface area contributed by atoms with Gasteiger partial charge in [0.25, 0.3) is 0 Å². The van der Waals surface area contributed by atoms with Crippen LogP contribution >= 0.6 is 0 Å². The number of rotatable bonds is 0. The van der Waals surface area contributed by atoms with Crippen LogP contribution in [0.25, 0.3) is 59.9 Å². The van der Waals surface area contributed by atoms with Gasteiger partial charge >= 0.3 is 5.70 Å². The predicted molar refractivity (Wildman–Crippen MR) is 106 cm³/mol. The van der Waals surface area contributed by atoms with E-state index in [1.54, 1.807) is 0 Å². The van der Waals surface area contributed by atoms with Crippen LogP contribution in [0, 0.1) is 75.5 Å². The van der Waals surface area contributed by atoms with Gasteiger partial charge in [0.15, 0.2) is 51.6 Å². The van der Waals surface area contributed by atoms with E-state index >= 15 is 22.0 Å². The van der Waals surface area contributed by atoms with Crippen LogP contribution in [0.3, 0.4) is 0 Å². The van der Waals surface area contributed by atoms with Crippen LogP contribution in [0.2, 0.25) is 0 Å². The second-order valence-electron chi connectivity index (χ2n) is 6.95. The van der Waals surface area contributed by atoms with Gasteiger partial charge in [0.2, 0.25) is 11.1 Å². The molecule has 0 fully saturated rings. The van der Waals surface area contributed by atoms with Crippen molar-refractivity contribution >= 4 is 55.0 Å². The van der Waals surface area contributed by atoms with Crippen molar-refractivity contribution in [2.75, 3.05) is 0 Å². The molecular weight excluding hydrogens is 494 g/mol. The van der Waals surface area contributed by atoms with Crippen LogP contribution in [-0.2, 0) is 0 Å². The van der Waals surface area contributed by atoms with E-state index in [-0.39, 0.29) is 0 Å². The Balaban J connectivity index is 2.17. The minimum absolute atomic E-state index is 0.821. The first-order valence-electron chi connectivity index (χ1n) is 9.21. The second kappa shape index (κ2) is 7.45. The summed E-state index contributed by atoms with van der Waals surface area (Å²) in [4.78, 5) is 9.65. The van der Waals surface area contributed by atoms with Crippen molar-refractivity contribution in [3.05, 3.63) is 57.4 Å². The molecule has 172 valence electrons. The van der Waals surface area contributed by atoms with Gasteiger partial charge in [-0.25, -0.2) is 46.4 Å². The zero-order valence-electron chi connectivity index (χ0n) is 16.8. The summed E-state index contributed by atoms with van der Waals surface area (Å²) < 4.78 is 101. The number of hydrogen-bond acceptors (Lipinski definition) is 7. The summed E-state index contributed by atoms with van der Waals surface area (Å²) in [6, 6.07) is 4.10. The highest BCUT2D eigenvalue weighted by atomic mass is 19.2. The molecule has 0 saturated carbocycles. The van der Waals surface area contributed by atoms with Crippen molar-refractivity contribution in [2.24, 2.45) is 0 Å². The Morgan fingerprint density at radius 2 is 1.17 bits per heavy atom. The van der Waals surface area contributed by atoms with Crippen LogP contribution in [-0.4, -0.2) is 9.97 Å². The highest BCUT2D eigenvalue weighted by molar-refractivity contribution is 6.18. The lowest BCUT2D eigenvalue weighted by atomic mass is 9.97. The molecule has 36 heavy (non-hydrogen) atoms. The van der Waals surface area contributed by atoms with Gasteiger partial charge in [-0.2, -0.15) is 10.5 Å². The number of nitrogens with zero attached hydrogens (tertiary/aromatic N) is 6. The van der Waals surface area contributed by atoms with Crippen LogP contribution in [0.1, 0.15) is 0 Å². The third-order valence-corrected chi connectivity index (χ3v) is 5.19. The monoisotopic (exact) mass is 494 g/mol. The summed E-state index contributed by atoms with van der Waals surface area (Å²) in [6.07, 6.45) is 0. The molecule has 0 radical (unpaired) electrons. The summed E-state index contributed by atoms with van der Waals surface area (Å²) in [6.45, 7) is 6.90. The molecule has 0 unspecified atom stereocenters.